The topological polar surface area (TPSA) is 50.4 Å². The highest BCUT2D eigenvalue weighted by molar-refractivity contribution is 6.00. The number of carbonyl (C=O) groups excluding carboxylic acids is 1. The third-order valence-electron chi connectivity index (χ3n) is 2.98. The first-order valence-corrected chi connectivity index (χ1v) is 7.00. The number of rotatable bonds is 6. The quantitative estimate of drug-likeness (QED) is 0.754. The average molecular weight is 360 g/mol. The maximum Gasteiger partial charge on any atom is 0.405 e. The van der Waals surface area contributed by atoms with Crippen LogP contribution in [-0.4, -0.2) is 25.2 Å². The Labute approximate surface area is 139 Å². The Morgan fingerprint density at radius 1 is 1.04 bits per heavy atom. The zero-order valence-electron chi connectivity index (χ0n) is 12.6. The van der Waals surface area contributed by atoms with E-state index in [1.54, 1.807) is 11.4 Å². The van der Waals surface area contributed by atoms with Crippen LogP contribution in [0.1, 0.15) is 10.4 Å². The number of halogens is 5. The fourth-order valence-corrected chi connectivity index (χ4v) is 1.94. The van der Waals surface area contributed by atoms with Gasteiger partial charge in [-0.25, -0.2) is 0 Å². The van der Waals surface area contributed by atoms with Crippen LogP contribution in [0.4, 0.5) is 33.3 Å². The van der Waals surface area contributed by atoms with E-state index >= 15 is 0 Å². The second kappa shape index (κ2) is 7.82. The number of hydrogen-bond acceptors (Lipinski definition) is 3. The summed E-state index contributed by atoms with van der Waals surface area (Å²) < 4.78 is 65.1. The van der Waals surface area contributed by atoms with E-state index in [0.29, 0.717) is 5.69 Å². The van der Waals surface area contributed by atoms with Gasteiger partial charge in [0.15, 0.2) is 0 Å². The fraction of sp³-hybridized carbons (Fsp3) is 0.188. The van der Waals surface area contributed by atoms with E-state index in [0.717, 1.165) is 0 Å². The molecule has 4 nitrogen and oxygen atoms in total. The lowest BCUT2D eigenvalue weighted by Gasteiger charge is -2.13. The van der Waals surface area contributed by atoms with Crippen molar-refractivity contribution in [3.05, 3.63) is 54.1 Å². The summed E-state index contributed by atoms with van der Waals surface area (Å²) in [6.07, 6.45) is -4.52. The number of para-hydroxylation sites is 1. The summed E-state index contributed by atoms with van der Waals surface area (Å²) in [5.74, 6) is -0.935. The first-order valence-electron chi connectivity index (χ1n) is 7.00. The molecule has 0 fully saturated rings. The second-order valence-electron chi connectivity index (χ2n) is 4.87. The predicted octanol–water partition coefficient (Wildman–Crippen LogP) is 4.32. The first kappa shape index (κ1) is 18.5. The van der Waals surface area contributed by atoms with Gasteiger partial charge in [0.1, 0.15) is 12.3 Å². The molecule has 0 atom stereocenters. The molecular formula is C16H13F5N2O2. The van der Waals surface area contributed by atoms with Crippen molar-refractivity contribution in [2.45, 2.75) is 12.8 Å². The summed E-state index contributed by atoms with van der Waals surface area (Å²) in [5, 5.41) is 4.63. The summed E-state index contributed by atoms with van der Waals surface area (Å²) in [5.41, 5.74) is 0.724. The van der Waals surface area contributed by atoms with Gasteiger partial charge in [-0.3, -0.25) is 4.79 Å². The molecule has 134 valence electrons. The largest absolute Gasteiger partial charge is 0.435 e. The van der Waals surface area contributed by atoms with Gasteiger partial charge in [-0.1, -0.05) is 12.1 Å². The molecule has 0 aliphatic heterocycles. The monoisotopic (exact) mass is 360 g/mol. The predicted molar refractivity (Wildman–Crippen MR) is 81.2 cm³/mol. The van der Waals surface area contributed by atoms with Crippen LogP contribution < -0.4 is 15.4 Å². The van der Waals surface area contributed by atoms with Crippen LogP contribution in [0.2, 0.25) is 0 Å². The highest BCUT2D eigenvalue weighted by Gasteiger charge is 2.28. The molecule has 0 heterocycles. The molecule has 0 aliphatic carbocycles. The second-order valence-corrected chi connectivity index (χ2v) is 4.87. The van der Waals surface area contributed by atoms with E-state index in [9.17, 15) is 26.7 Å². The Kier molecular flexibility index (Phi) is 5.79. The van der Waals surface area contributed by atoms with Gasteiger partial charge in [-0.2, -0.15) is 22.0 Å². The van der Waals surface area contributed by atoms with Crippen LogP contribution >= 0.6 is 0 Å². The smallest absolute Gasteiger partial charge is 0.405 e. The Morgan fingerprint density at radius 3 is 2.28 bits per heavy atom. The van der Waals surface area contributed by atoms with Crippen LogP contribution in [0, 0.1) is 0 Å². The Balaban J connectivity index is 2.11. The van der Waals surface area contributed by atoms with Gasteiger partial charge in [-0.15, -0.1) is 0 Å². The number of anilines is 2. The SMILES string of the molecule is O=C(NCC(F)(F)F)c1ccccc1Nc1ccc(OC(F)F)cc1. The minimum Gasteiger partial charge on any atom is -0.435 e. The van der Waals surface area contributed by atoms with E-state index in [4.69, 9.17) is 0 Å². The van der Waals surface area contributed by atoms with E-state index in [-0.39, 0.29) is 17.0 Å². The Bertz CT molecular complexity index is 717. The van der Waals surface area contributed by atoms with Gasteiger partial charge in [0, 0.05) is 5.69 Å². The average Bonchev–Trinajstić information content (AvgIpc) is 2.54. The molecule has 2 rings (SSSR count). The third-order valence-corrected chi connectivity index (χ3v) is 2.98. The minimum absolute atomic E-state index is 0.0136. The molecule has 1 amide bonds. The molecule has 9 heteroatoms. The molecule has 0 unspecified atom stereocenters. The van der Waals surface area contributed by atoms with Crippen LogP contribution in [0.25, 0.3) is 0 Å². The van der Waals surface area contributed by atoms with Crippen LogP contribution in [0.3, 0.4) is 0 Å². The normalized spacial score (nSPS) is 11.3. The Hall–Kier alpha value is -2.84. The maximum absolute atomic E-state index is 12.2. The highest BCUT2D eigenvalue weighted by atomic mass is 19.4. The zero-order chi connectivity index (χ0) is 18.4. The fourth-order valence-electron chi connectivity index (χ4n) is 1.94. The number of hydrogen-bond donors (Lipinski definition) is 2. The molecule has 0 saturated heterocycles. The van der Waals surface area contributed by atoms with Crippen molar-refractivity contribution < 1.29 is 31.5 Å². The van der Waals surface area contributed by atoms with E-state index in [1.807, 2.05) is 0 Å². The maximum atomic E-state index is 12.2. The number of ether oxygens (including phenoxy) is 1. The summed E-state index contributed by atoms with van der Waals surface area (Å²) in [6, 6.07) is 11.4. The van der Waals surface area contributed by atoms with E-state index in [2.05, 4.69) is 10.1 Å². The number of amides is 1. The zero-order valence-corrected chi connectivity index (χ0v) is 12.6. The van der Waals surface area contributed by atoms with Gasteiger partial charge in [-0.05, 0) is 36.4 Å². The van der Waals surface area contributed by atoms with Crippen molar-refractivity contribution in [1.82, 2.24) is 5.32 Å². The van der Waals surface area contributed by atoms with Crippen LogP contribution in [-0.2, 0) is 0 Å². The summed E-state index contributed by atoms with van der Waals surface area (Å²) in [7, 11) is 0. The van der Waals surface area contributed by atoms with Crippen molar-refractivity contribution in [2.24, 2.45) is 0 Å². The van der Waals surface area contributed by atoms with Crippen molar-refractivity contribution in [3.63, 3.8) is 0 Å². The number of alkyl halides is 5. The van der Waals surface area contributed by atoms with Crippen molar-refractivity contribution in [2.75, 3.05) is 11.9 Å². The molecule has 0 saturated carbocycles. The summed E-state index contributed by atoms with van der Waals surface area (Å²) in [6.45, 7) is -4.39. The van der Waals surface area contributed by atoms with Gasteiger partial charge < -0.3 is 15.4 Å². The standard InChI is InChI=1S/C16H13F5N2O2/c17-15(18)25-11-7-5-10(6-8-11)23-13-4-2-1-3-12(13)14(24)22-9-16(19,20)21/h1-8,15,23H,9H2,(H,22,24). The number of nitrogens with one attached hydrogen (secondary N) is 2. The molecule has 0 aromatic heterocycles. The van der Waals surface area contributed by atoms with Gasteiger partial charge >= 0.3 is 12.8 Å². The van der Waals surface area contributed by atoms with Crippen molar-refractivity contribution in [1.29, 1.82) is 0 Å². The summed E-state index contributed by atoms with van der Waals surface area (Å²) >= 11 is 0. The molecule has 2 aromatic rings. The lowest BCUT2D eigenvalue weighted by atomic mass is 10.1. The minimum atomic E-state index is -4.52. The van der Waals surface area contributed by atoms with Gasteiger partial charge in [0.05, 0.1) is 11.3 Å². The van der Waals surface area contributed by atoms with Crippen LogP contribution in [0.15, 0.2) is 48.5 Å². The van der Waals surface area contributed by atoms with E-state index < -0.39 is 25.2 Å². The molecule has 25 heavy (non-hydrogen) atoms. The first-order chi connectivity index (χ1) is 11.7. The lowest BCUT2D eigenvalue weighted by Crippen LogP contribution is -2.34. The third kappa shape index (κ3) is 5.94. The molecular weight excluding hydrogens is 347 g/mol. The number of benzene rings is 2. The molecule has 0 bridgehead atoms. The summed E-state index contributed by atoms with van der Waals surface area (Å²) in [4.78, 5) is 11.9. The van der Waals surface area contributed by atoms with Crippen molar-refractivity contribution in [3.8, 4) is 5.75 Å². The molecule has 2 aromatic carbocycles. The van der Waals surface area contributed by atoms with E-state index in [1.165, 1.54) is 42.5 Å². The molecule has 0 radical (unpaired) electrons. The highest BCUT2D eigenvalue weighted by Crippen LogP contribution is 2.24. The molecule has 0 spiro atoms. The van der Waals surface area contributed by atoms with Crippen molar-refractivity contribution >= 4 is 17.3 Å². The number of carbonyl (C=O) groups is 1. The van der Waals surface area contributed by atoms with Crippen LogP contribution in [0.5, 0.6) is 5.75 Å². The lowest BCUT2D eigenvalue weighted by molar-refractivity contribution is -0.123. The van der Waals surface area contributed by atoms with Gasteiger partial charge in [0.2, 0.25) is 0 Å². The Morgan fingerprint density at radius 2 is 1.68 bits per heavy atom. The molecule has 0 aliphatic rings. The molecule has 2 N–H and O–H groups in total. The van der Waals surface area contributed by atoms with Gasteiger partial charge in [0.25, 0.3) is 5.91 Å².